The zero-order chi connectivity index (χ0) is 20.5. The maximum Gasteiger partial charge on any atom is 0.308 e. The van der Waals surface area contributed by atoms with Crippen LogP contribution in [0.5, 0.6) is 0 Å². The highest BCUT2D eigenvalue weighted by Gasteiger charge is 2.34. The lowest BCUT2D eigenvalue weighted by atomic mass is 10.1. The van der Waals surface area contributed by atoms with E-state index in [1.807, 2.05) is 6.07 Å². The zero-order valence-corrected chi connectivity index (χ0v) is 18.1. The van der Waals surface area contributed by atoms with Gasteiger partial charge in [0, 0.05) is 23.1 Å². The first kappa shape index (κ1) is 22.3. The molecule has 1 fully saturated rings. The van der Waals surface area contributed by atoms with E-state index in [2.05, 4.69) is 33.5 Å². The van der Waals surface area contributed by atoms with Gasteiger partial charge in [-0.2, -0.15) is 0 Å². The fourth-order valence-corrected chi connectivity index (χ4v) is 3.50. The monoisotopic (exact) mass is 469 g/mol. The van der Waals surface area contributed by atoms with Gasteiger partial charge in [-0.1, -0.05) is 41.8 Å². The Kier molecular flexibility index (Phi) is 8.85. The van der Waals surface area contributed by atoms with Crippen LogP contribution in [0.3, 0.4) is 0 Å². The van der Waals surface area contributed by atoms with Crippen molar-refractivity contribution >= 4 is 51.0 Å². The summed E-state index contributed by atoms with van der Waals surface area (Å²) in [6.45, 7) is 3.19. The first-order valence-corrected chi connectivity index (χ1v) is 10.4. The van der Waals surface area contributed by atoms with Crippen LogP contribution in [0.4, 0.5) is 0 Å². The predicted octanol–water partition coefficient (Wildman–Crippen LogP) is 2.39. The van der Waals surface area contributed by atoms with Gasteiger partial charge in [-0.3, -0.25) is 19.7 Å². The van der Waals surface area contributed by atoms with Crippen LogP contribution in [-0.2, 0) is 14.3 Å². The summed E-state index contributed by atoms with van der Waals surface area (Å²) in [6.07, 6.45) is 2.69. The van der Waals surface area contributed by atoms with Crippen LogP contribution in [0.2, 0.25) is 0 Å². The molecule has 0 aromatic heterocycles. The second-order valence-electron chi connectivity index (χ2n) is 6.40. The Morgan fingerprint density at radius 1 is 1.39 bits per heavy atom. The van der Waals surface area contributed by atoms with Gasteiger partial charge < -0.3 is 15.0 Å². The van der Waals surface area contributed by atoms with Crippen molar-refractivity contribution in [3.8, 4) is 0 Å². The van der Waals surface area contributed by atoms with Gasteiger partial charge in [0.15, 0.2) is 5.11 Å². The van der Waals surface area contributed by atoms with Gasteiger partial charge in [-0.25, -0.2) is 0 Å². The quantitative estimate of drug-likeness (QED) is 0.362. The number of ether oxygens (including phenoxy) is 1. The van der Waals surface area contributed by atoms with Crippen molar-refractivity contribution in [2.24, 2.45) is 0 Å². The molecule has 0 bridgehead atoms. The number of carbonyl (C=O) groups excluding carboxylic acids is 3. The smallest absolute Gasteiger partial charge is 0.308 e. The molecule has 0 aliphatic carbocycles. The molecule has 1 saturated heterocycles. The first-order chi connectivity index (χ1) is 13.4. The van der Waals surface area contributed by atoms with Crippen LogP contribution in [0, 0.1) is 0 Å². The number of esters is 1. The Morgan fingerprint density at radius 2 is 2.18 bits per heavy atom. The molecule has 152 valence electrons. The van der Waals surface area contributed by atoms with Crippen LogP contribution in [0.1, 0.15) is 43.0 Å². The first-order valence-electron chi connectivity index (χ1n) is 9.23. The molecule has 0 spiro atoms. The predicted molar refractivity (Wildman–Crippen MR) is 113 cm³/mol. The van der Waals surface area contributed by atoms with Gasteiger partial charge in [-0.05, 0) is 36.8 Å². The summed E-state index contributed by atoms with van der Waals surface area (Å²) < 4.78 is 5.98. The number of piperazine rings is 1. The van der Waals surface area contributed by atoms with E-state index >= 15 is 0 Å². The fourth-order valence-electron chi connectivity index (χ4n) is 2.79. The van der Waals surface area contributed by atoms with E-state index in [0.29, 0.717) is 25.3 Å². The lowest BCUT2D eigenvalue weighted by molar-refractivity contribution is -0.147. The molecule has 1 aromatic carbocycles. The van der Waals surface area contributed by atoms with Gasteiger partial charge in [-0.15, -0.1) is 0 Å². The zero-order valence-electron chi connectivity index (χ0n) is 15.7. The molecule has 7 nitrogen and oxygen atoms in total. The number of nitrogens with one attached hydrogen (secondary N) is 2. The lowest BCUT2D eigenvalue weighted by Crippen LogP contribution is -2.60. The highest BCUT2D eigenvalue weighted by molar-refractivity contribution is 9.10. The van der Waals surface area contributed by atoms with Crippen LogP contribution < -0.4 is 10.6 Å². The Labute approximate surface area is 178 Å². The van der Waals surface area contributed by atoms with Crippen molar-refractivity contribution in [3.63, 3.8) is 0 Å². The molecular formula is C19H24BrN3O4S. The summed E-state index contributed by atoms with van der Waals surface area (Å²) in [5, 5.41) is 5.48. The summed E-state index contributed by atoms with van der Waals surface area (Å²) in [5.41, 5.74) is 0.435. The fraction of sp³-hybridized carbons (Fsp3) is 0.474. The van der Waals surface area contributed by atoms with Gasteiger partial charge >= 0.3 is 5.97 Å². The summed E-state index contributed by atoms with van der Waals surface area (Å²) >= 11 is 8.66. The molecule has 1 unspecified atom stereocenters. The lowest BCUT2D eigenvalue weighted by Gasteiger charge is -2.36. The summed E-state index contributed by atoms with van der Waals surface area (Å²) in [6, 6.07) is 6.09. The molecule has 0 radical (unpaired) electrons. The number of unbranched alkanes of at least 4 members (excludes halogenated alkanes) is 2. The number of hydrogen-bond donors (Lipinski definition) is 2. The molecule has 0 saturated carbocycles. The molecule has 2 rings (SSSR count). The number of amides is 2. The van der Waals surface area contributed by atoms with Crippen molar-refractivity contribution in [3.05, 3.63) is 34.3 Å². The van der Waals surface area contributed by atoms with Gasteiger partial charge in [0.2, 0.25) is 5.91 Å². The third-order valence-electron chi connectivity index (χ3n) is 4.27. The van der Waals surface area contributed by atoms with Crippen LogP contribution in [0.15, 0.2) is 28.7 Å². The normalized spacial score (nSPS) is 16.3. The molecule has 9 heteroatoms. The minimum atomic E-state index is -0.803. The minimum Gasteiger partial charge on any atom is -0.466 e. The summed E-state index contributed by atoms with van der Waals surface area (Å²) in [4.78, 5) is 38.4. The Bertz CT molecular complexity index is 744. The third kappa shape index (κ3) is 6.56. The second kappa shape index (κ2) is 11.1. The SMILES string of the molecule is CCCCCOC(=O)CC1C(=O)NCCN1C(=S)NC(=O)c1cccc(Br)c1. The maximum atomic E-state index is 12.4. The Balaban J connectivity index is 1.98. The molecule has 1 heterocycles. The number of nitrogens with zero attached hydrogens (tertiary/aromatic N) is 1. The molecule has 2 N–H and O–H groups in total. The number of benzene rings is 1. The van der Waals surface area contributed by atoms with E-state index in [-0.39, 0.29) is 23.3 Å². The van der Waals surface area contributed by atoms with E-state index in [1.54, 1.807) is 23.1 Å². The average molecular weight is 470 g/mol. The molecule has 2 amide bonds. The largest absolute Gasteiger partial charge is 0.466 e. The van der Waals surface area contributed by atoms with Gasteiger partial charge in [0.25, 0.3) is 5.91 Å². The summed E-state index contributed by atoms with van der Waals surface area (Å²) in [5.74, 6) is -1.14. The van der Waals surface area contributed by atoms with E-state index in [1.165, 1.54) is 0 Å². The Morgan fingerprint density at radius 3 is 2.89 bits per heavy atom. The van der Waals surface area contributed by atoms with Crippen LogP contribution in [-0.4, -0.2) is 53.5 Å². The Hall–Kier alpha value is -2.00. The number of rotatable bonds is 7. The van der Waals surface area contributed by atoms with Crippen molar-refractivity contribution in [1.29, 1.82) is 0 Å². The topological polar surface area (TPSA) is 87.7 Å². The van der Waals surface area contributed by atoms with Crippen molar-refractivity contribution in [2.45, 2.75) is 38.6 Å². The molecule has 1 atom stereocenters. The highest BCUT2D eigenvalue weighted by Crippen LogP contribution is 2.14. The number of halogens is 1. The molecular weight excluding hydrogens is 446 g/mol. The van der Waals surface area contributed by atoms with Crippen LogP contribution in [0.25, 0.3) is 0 Å². The molecule has 1 aliphatic rings. The molecule has 1 aliphatic heterocycles. The third-order valence-corrected chi connectivity index (χ3v) is 5.10. The van der Waals surface area contributed by atoms with Crippen molar-refractivity contribution in [1.82, 2.24) is 15.5 Å². The van der Waals surface area contributed by atoms with Gasteiger partial charge in [0.05, 0.1) is 13.0 Å². The summed E-state index contributed by atoms with van der Waals surface area (Å²) in [7, 11) is 0. The van der Waals surface area contributed by atoms with Crippen molar-refractivity contribution < 1.29 is 19.1 Å². The van der Waals surface area contributed by atoms with Crippen molar-refractivity contribution in [2.75, 3.05) is 19.7 Å². The maximum absolute atomic E-state index is 12.4. The van der Waals surface area contributed by atoms with Crippen LogP contribution >= 0.6 is 28.1 Å². The average Bonchev–Trinajstić information content (AvgIpc) is 2.66. The highest BCUT2D eigenvalue weighted by atomic mass is 79.9. The standard InChI is InChI=1S/C19H24BrN3O4S/c1-2-3-4-10-27-16(24)12-15-18(26)21-8-9-23(15)19(28)22-17(25)13-6-5-7-14(20)11-13/h5-7,11,15H,2-4,8-10,12H2,1H3,(H,21,26)(H,22,25,28). The number of hydrogen-bond acceptors (Lipinski definition) is 5. The van der Waals surface area contributed by atoms with Gasteiger partial charge in [0.1, 0.15) is 6.04 Å². The number of carbonyl (C=O) groups is 3. The minimum absolute atomic E-state index is 0.114. The van der Waals surface area contributed by atoms with E-state index in [0.717, 1.165) is 23.7 Å². The number of thiocarbonyl (C=S) groups is 1. The second-order valence-corrected chi connectivity index (χ2v) is 7.70. The molecule has 28 heavy (non-hydrogen) atoms. The van der Waals surface area contributed by atoms with E-state index < -0.39 is 12.0 Å². The van der Waals surface area contributed by atoms with E-state index in [4.69, 9.17) is 17.0 Å². The van der Waals surface area contributed by atoms with E-state index in [9.17, 15) is 14.4 Å². The molecule has 1 aromatic rings.